The summed E-state index contributed by atoms with van der Waals surface area (Å²) in [5.74, 6) is -0.0601. The van der Waals surface area contributed by atoms with E-state index in [2.05, 4.69) is 37.9 Å². The van der Waals surface area contributed by atoms with E-state index in [1.165, 1.54) is 50.5 Å². The van der Waals surface area contributed by atoms with Gasteiger partial charge in [0.05, 0.1) is 11.3 Å². The fraction of sp³-hybridized carbons (Fsp3) is 0.556. The van der Waals surface area contributed by atoms with Crippen LogP contribution in [0.3, 0.4) is 0 Å². The Labute approximate surface area is 183 Å². The van der Waals surface area contributed by atoms with Crippen LogP contribution in [0.15, 0.2) is 36.5 Å². The maximum Gasteiger partial charge on any atom is 0.335 e. The summed E-state index contributed by atoms with van der Waals surface area (Å²) in [6.45, 7) is 6.77. The highest BCUT2D eigenvalue weighted by atomic mass is 16.4. The second kappa shape index (κ2) is 13.2. The van der Waals surface area contributed by atoms with Crippen molar-refractivity contribution in [1.82, 2.24) is 4.98 Å². The molecule has 1 aromatic heterocycles. The van der Waals surface area contributed by atoms with E-state index < -0.39 is 5.97 Å². The lowest BCUT2D eigenvalue weighted by Crippen LogP contribution is -2.03. The quantitative estimate of drug-likeness (QED) is 0.325. The van der Waals surface area contributed by atoms with E-state index in [9.17, 15) is 9.90 Å². The van der Waals surface area contributed by atoms with Crippen LogP contribution in [0.4, 0.5) is 0 Å². The topological polar surface area (TPSA) is 50.2 Å². The van der Waals surface area contributed by atoms with E-state index in [4.69, 9.17) is 0 Å². The van der Waals surface area contributed by atoms with Gasteiger partial charge in [-0.3, -0.25) is 4.98 Å². The molecular weight excluding hydrogens is 370 g/mol. The molecule has 0 unspecified atom stereocenters. The van der Waals surface area contributed by atoms with Crippen molar-refractivity contribution in [3.63, 3.8) is 0 Å². The number of carbonyl (C=O) groups is 1. The maximum absolute atomic E-state index is 11.7. The molecule has 2 rings (SSSR count). The molecule has 0 fully saturated rings. The lowest BCUT2D eigenvalue weighted by atomic mass is 9.95. The fourth-order valence-electron chi connectivity index (χ4n) is 3.86. The molecule has 3 heteroatoms. The van der Waals surface area contributed by atoms with Crippen molar-refractivity contribution in [2.75, 3.05) is 0 Å². The number of hydrogen-bond donors (Lipinski definition) is 1. The second-order valence-electron chi connectivity index (χ2n) is 8.65. The van der Waals surface area contributed by atoms with E-state index in [1.807, 2.05) is 18.3 Å². The number of carboxylic acids is 1. The molecule has 0 bridgehead atoms. The summed E-state index contributed by atoms with van der Waals surface area (Å²) >= 11 is 0. The smallest absolute Gasteiger partial charge is 0.335 e. The van der Waals surface area contributed by atoms with Gasteiger partial charge in [-0.25, -0.2) is 4.79 Å². The van der Waals surface area contributed by atoms with Crippen LogP contribution in [0.25, 0.3) is 11.3 Å². The first-order chi connectivity index (χ1) is 14.5. The molecular formula is C27H39NO2. The standard InChI is InChI=1S/C27H39NO2/c1-4-6-7-10-13-22-15-18-26(28-20-22)24-16-17-25(27(29)30)23(19-24)14-11-8-9-12-21(3)5-2/h15-21H,4-14H2,1-3H3,(H,29,30)/t21-/m0/s1. The molecule has 0 aliphatic carbocycles. The Kier molecular flexibility index (Phi) is 10.6. The Bertz CT molecular complexity index is 767. The summed E-state index contributed by atoms with van der Waals surface area (Å²) in [5.41, 5.74) is 4.55. The number of aromatic nitrogens is 1. The van der Waals surface area contributed by atoms with Crippen LogP contribution in [0, 0.1) is 5.92 Å². The summed E-state index contributed by atoms with van der Waals surface area (Å²) in [4.78, 5) is 16.3. The Morgan fingerprint density at radius 1 is 0.967 bits per heavy atom. The van der Waals surface area contributed by atoms with Crippen LogP contribution in [0.2, 0.25) is 0 Å². The fourth-order valence-corrected chi connectivity index (χ4v) is 3.86. The molecule has 3 nitrogen and oxygen atoms in total. The minimum absolute atomic E-state index is 0.424. The van der Waals surface area contributed by atoms with Crippen LogP contribution in [0.1, 0.15) is 100 Å². The summed E-state index contributed by atoms with van der Waals surface area (Å²) in [7, 11) is 0. The molecule has 1 heterocycles. The monoisotopic (exact) mass is 409 g/mol. The second-order valence-corrected chi connectivity index (χ2v) is 8.65. The van der Waals surface area contributed by atoms with E-state index in [-0.39, 0.29) is 0 Å². The van der Waals surface area contributed by atoms with Crippen molar-refractivity contribution in [2.45, 2.75) is 91.4 Å². The number of pyridine rings is 1. The van der Waals surface area contributed by atoms with Gasteiger partial charge in [-0.05, 0) is 60.9 Å². The van der Waals surface area contributed by atoms with Gasteiger partial charge in [-0.15, -0.1) is 0 Å². The Balaban J connectivity index is 2.01. The Morgan fingerprint density at radius 3 is 2.40 bits per heavy atom. The first kappa shape index (κ1) is 24.1. The number of unbranched alkanes of at least 4 members (excludes halogenated alkanes) is 5. The molecule has 0 spiro atoms. The van der Waals surface area contributed by atoms with Gasteiger partial charge in [-0.1, -0.05) is 77.8 Å². The van der Waals surface area contributed by atoms with E-state index in [1.54, 1.807) is 6.07 Å². The lowest BCUT2D eigenvalue weighted by Gasteiger charge is -2.11. The molecule has 1 N–H and O–H groups in total. The molecule has 2 aromatic rings. The number of aryl methyl sites for hydroxylation is 2. The van der Waals surface area contributed by atoms with Gasteiger partial charge in [0.1, 0.15) is 0 Å². The van der Waals surface area contributed by atoms with Crippen molar-refractivity contribution < 1.29 is 9.90 Å². The van der Waals surface area contributed by atoms with Gasteiger partial charge < -0.3 is 5.11 Å². The highest BCUT2D eigenvalue weighted by Crippen LogP contribution is 2.24. The highest BCUT2D eigenvalue weighted by Gasteiger charge is 2.12. The predicted octanol–water partition coefficient (Wildman–Crippen LogP) is 7.72. The van der Waals surface area contributed by atoms with Crippen LogP contribution in [-0.4, -0.2) is 16.1 Å². The van der Waals surface area contributed by atoms with E-state index in [0.29, 0.717) is 5.56 Å². The Hall–Kier alpha value is -2.16. The first-order valence-electron chi connectivity index (χ1n) is 11.9. The minimum atomic E-state index is -0.841. The number of rotatable bonds is 14. The van der Waals surface area contributed by atoms with Crippen LogP contribution < -0.4 is 0 Å². The van der Waals surface area contributed by atoms with E-state index in [0.717, 1.165) is 48.4 Å². The zero-order chi connectivity index (χ0) is 21.8. The molecule has 0 radical (unpaired) electrons. The van der Waals surface area contributed by atoms with Gasteiger partial charge in [0, 0.05) is 11.8 Å². The number of benzene rings is 1. The van der Waals surface area contributed by atoms with Crippen LogP contribution in [-0.2, 0) is 12.8 Å². The number of hydrogen-bond acceptors (Lipinski definition) is 2. The van der Waals surface area contributed by atoms with Crippen molar-refractivity contribution in [3.05, 3.63) is 53.2 Å². The number of nitrogens with zero attached hydrogens (tertiary/aromatic N) is 1. The highest BCUT2D eigenvalue weighted by molar-refractivity contribution is 5.90. The van der Waals surface area contributed by atoms with Crippen molar-refractivity contribution in [2.24, 2.45) is 5.92 Å². The third-order valence-corrected chi connectivity index (χ3v) is 6.12. The molecule has 30 heavy (non-hydrogen) atoms. The van der Waals surface area contributed by atoms with E-state index >= 15 is 0 Å². The van der Waals surface area contributed by atoms with Gasteiger partial charge in [-0.2, -0.15) is 0 Å². The van der Waals surface area contributed by atoms with Gasteiger partial charge in [0.15, 0.2) is 0 Å². The third kappa shape index (κ3) is 7.93. The zero-order valence-electron chi connectivity index (χ0n) is 19.1. The van der Waals surface area contributed by atoms with Gasteiger partial charge >= 0.3 is 5.97 Å². The van der Waals surface area contributed by atoms with Crippen LogP contribution >= 0.6 is 0 Å². The molecule has 1 aromatic carbocycles. The molecule has 164 valence electrons. The van der Waals surface area contributed by atoms with Crippen molar-refractivity contribution in [3.8, 4) is 11.3 Å². The maximum atomic E-state index is 11.7. The average molecular weight is 410 g/mol. The summed E-state index contributed by atoms with van der Waals surface area (Å²) in [5, 5.41) is 9.58. The van der Waals surface area contributed by atoms with Gasteiger partial charge in [0.25, 0.3) is 0 Å². The SMILES string of the molecule is CCCCCCc1ccc(-c2ccc(C(=O)O)c(CCCCC[C@@H](C)CC)c2)nc1. The predicted molar refractivity (Wildman–Crippen MR) is 126 cm³/mol. The summed E-state index contributed by atoms with van der Waals surface area (Å²) in [6.07, 6.45) is 14.8. The van der Waals surface area contributed by atoms with Crippen molar-refractivity contribution in [1.29, 1.82) is 0 Å². The van der Waals surface area contributed by atoms with Crippen molar-refractivity contribution >= 4 is 5.97 Å². The third-order valence-electron chi connectivity index (χ3n) is 6.12. The normalized spacial score (nSPS) is 12.1. The summed E-state index contributed by atoms with van der Waals surface area (Å²) < 4.78 is 0. The average Bonchev–Trinajstić information content (AvgIpc) is 2.76. The van der Waals surface area contributed by atoms with Crippen LogP contribution in [0.5, 0.6) is 0 Å². The zero-order valence-corrected chi connectivity index (χ0v) is 19.1. The molecule has 1 atom stereocenters. The molecule has 0 saturated carbocycles. The molecule has 0 aliphatic rings. The largest absolute Gasteiger partial charge is 0.478 e. The molecule has 0 amide bonds. The molecule has 0 aliphatic heterocycles. The number of aromatic carboxylic acids is 1. The number of carboxylic acid groups (broad SMARTS) is 1. The van der Waals surface area contributed by atoms with Gasteiger partial charge in [0.2, 0.25) is 0 Å². The molecule has 0 saturated heterocycles. The lowest BCUT2D eigenvalue weighted by molar-refractivity contribution is 0.0695. The summed E-state index contributed by atoms with van der Waals surface area (Å²) in [6, 6.07) is 9.89. The minimum Gasteiger partial charge on any atom is -0.478 e. The first-order valence-corrected chi connectivity index (χ1v) is 11.9. The Morgan fingerprint density at radius 2 is 1.73 bits per heavy atom.